The van der Waals surface area contributed by atoms with Gasteiger partial charge in [0.05, 0.1) is 0 Å². The second kappa shape index (κ2) is 6.70. The van der Waals surface area contributed by atoms with Crippen LogP contribution in [0.2, 0.25) is 0 Å². The predicted molar refractivity (Wildman–Crippen MR) is 78.3 cm³/mol. The van der Waals surface area contributed by atoms with Crippen molar-refractivity contribution in [3.63, 3.8) is 0 Å². The van der Waals surface area contributed by atoms with E-state index in [1.54, 1.807) is 17.0 Å². The van der Waals surface area contributed by atoms with Crippen molar-refractivity contribution < 1.29 is 9.18 Å². The van der Waals surface area contributed by atoms with Crippen molar-refractivity contribution >= 4 is 11.7 Å². The monoisotopic (exact) mass is 279 g/mol. The molecule has 0 atom stereocenters. The highest BCUT2D eigenvalue weighted by atomic mass is 19.1. The van der Waals surface area contributed by atoms with Crippen LogP contribution in [0, 0.1) is 5.82 Å². The summed E-state index contributed by atoms with van der Waals surface area (Å²) in [6.45, 7) is 0. The van der Waals surface area contributed by atoms with Gasteiger partial charge >= 0.3 is 6.03 Å². The maximum Gasteiger partial charge on any atom is 0.321 e. The number of urea groups is 1. The first-order valence-electron chi connectivity index (χ1n) is 7.07. The molecule has 1 aliphatic rings. The van der Waals surface area contributed by atoms with Crippen LogP contribution >= 0.6 is 0 Å². The molecule has 0 heterocycles. The minimum Gasteiger partial charge on any atom is -0.325 e. The lowest BCUT2D eigenvalue weighted by atomic mass is 9.90. The van der Waals surface area contributed by atoms with Crippen LogP contribution in [0.3, 0.4) is 0 Å². The van der Waals surface area contributed by atoms with Crippen molar-refractivity contribution in [2.45, 2.75) is 37.8 Å². The van der Waals surface area contributed by atoms with Gasteiger partial charge in [0.15, 0.2) is 0 Å². The quantitative estimate of drug-likeness (QED) is 0.893. The number of hydrogen-bond donors (Lipinski definition) is 2. The number of carbonyl (C=O) groups is 1. The van der Waals surface area contributed by atoms with Crippen molar-refractivity contribution in [3.8, 4) is 0 Å². The molecule has 1 aromatic carbocycles. The Morgan fingerprint density at radius 1 is 1.20 bits per heavy atom. The van der Waals surface area contributed by atoms with E-state index in [1.807, 2.05) is 14.1 Å². The van der Waals surface area contributed by atoms with E-state index in [2.05, 4.69) is 10.6 Å². The lowest BCUT2D eigenvalue weighted by molar-refractivity contribution is 0.178. The molecule has 0 unspecified atom stereocenters. The molecule has 110 valence electrons. The Morgan fingerprint density at radius 2 is 1.80 bits per heavy atom. The molecule has 0 aromatic heterocycles. The molecule has 2 rings (SSSR count). The van der Waals surface area contributed by atoms with Crippen LogP contribution in [0.1, 0.15) is 25.7 Å². The molecule has 0 bridgehead atoms. The average Bonchev–Trinajstić information content (AvgIpc) is 2.49. The van der Waals surface area contributed by atoms with E-state index in [1.165, 1.54) is 12.1 Å². The number of hydrogen-bond acceptors (Lipinski definition) is 2. The van der Waals surface area contributed by atoms with Gasteiger partial charge in [0.1, 0.15) is 5.82 Å². The van der Waals surface area contributed by atoms with Gasteiger partial charge in [-0.3, -0.25) is 0 Å². The van der Waals surface area contributed by atoms with Crippen LogP contribution in [0.5, 0.6) is 0 Å². The molecule has 0 spiro atoms. The van der Waals surface area contributed by atoms with Gasteiger partial charge in [-0.05, 0) is 57.0 Å². The Morgan fingerprint density at radius 3 is 2.35 bits per heavy atom. The molecule has 1 saturated carbocycles. The maximum absolute atomic E-state index is 12.8. The molecule has 1 fully saturated rings. The Kier molecular flexibility index (Phi) is 4.95. The largest absolute Gasteiger partial charge is 0.325 e. The summed E-state index contributed by atoms with van der Waals surface area (Å²) in [4.78, 5) is 13.9. The summed E-state index contributed by atoms with van der Waals surface area (Å²) in [5.41, 5.74) is 0.618. The summed E-state index contributed by atoms with van der Waals surface area (Å²) in [7, 11) is 3.80. The summed E-state index contributed by atoms with van der Waals surface area (Å²) in [5.74, 6) is -0.304. The van der Waals surface area contributed by atoms with E-state index in [4.69, 9.17) is 0 Å². The molecule has 0 saturated heterocycles. The third kappa shape index (κ3) is 3.70. The minimum atomic E-state index is -0.304. The molecule has 2 amide bonds. The number of carbonyl (C=O) groups excluding carboxylic acids is 1. The molecule has 4 nitrogen and oxygen atoms in total. The fraction of sp³-hybridized carbons (Fsp3) is 0.533. The van der Waals surface area contributed by atoms with Crippen molar-refractivity contribution in [1.82, 2.24) is 10.2 Å². The smallest absolute Gasteiger partial charge is 0.321 e. The van der Waals surface area contributed by atoms with Gasteiger partial charge in [-0.25, -0.2) is 9.18 Å². The van der Waals surface area contributed by atoms with Crippen molar-refractivity contribution in [2.75, 3.05) is 19.4 Å². The lowest BCUT2D eigenvalue weighted by Gasteiger charge is -2.34. The minimum absolute atomic E-state index is 0.135. The average molecular weight is 279 g/mol. The van der Waals surface area contributed by atoms with Gasteiger partial charge in [-0.2, -0.15) is 0 Å². The highest BCUT2D eigenvalue weighted by molar-refractivity contribution is 5.89. The zero-order valence-corrected chi connectivity index (χ0v) is 12.0. The molecule has 5 heteroatoms. The third-order valence-corrected chi connectivity index (χ3v) is 4.07. The summed E-state index contributed by atoms with van der Waals surface area (Å²) in [5, 5.41) is 6.08. The van der Waals surface area contributed by atoms with Crippen molar-refractivity contribution in [1.29, 1.82) is 0 Å². The SMILES string of the molecule is CNC1CCC(N(C)C(=O)Nc2ccc(F)cc2)CC1. The van der Waals surface area contributed by atoms with Crippen LogP contribution in [-0.4, -0.2) is 37.1 Å². The Balaban J connectivity index is 1.87. The van der Waals surface area contributed by atoms with Crippen molar-refractivity contribution in [3.05, 3.63) is 30.1 Å². The topological polar surface area (TPSA) is 44.4 Å². The van der Waals surface area contributed by atoms with Crippen LogP contribution in [0.4, 0.5) is 14.9 Å². The Labute approximate surface area is 119 Å². The summed E-state index contributed by atoms with van der Waals surface area (Å²) >= 11 is 0. The number of benzene rings is 1. The predicted octanol–water partition coefficient (Wildman–Crippen LogP) is 2.82. The fourth-order valence-corrected chi connectivity index (χ4v) is 2.66. The number of rotatable bonds is 3. The van der Waals surface area contributed by atoms with Crippen molar-refractivity contribution in [2.24, 2.45) is 0 Å². The summed E-state index contributed by atoms with van der Waals surface area (Å²) in [6.07, 6.45) is 4.21. The third-order valence-electron chi connectivity index (χ3n) is 4.07. The second-order valence-electron chi connectivity index (χ2n) is 5.34. The Hall–Kier alpha value is -1.62. The van der Waals surface area contributed by atoms with Crippen LogP contribution in [-0.2, 0) is 0 Å². The van der Waals surface area contributed by atoms with E-state index >= 15 is 0 Å². The van der Waals surface area contributed by atoms with E-state index in [0.717, 1.165) is 25.7 Å². The number of nitrogens with zero attached hydrogens (tertiary/aromatic N) is 1. The normalized spacial score (nSPS) is 22.4. The highest BCUT2D eigenvalue weighted by Crippen LogP contribution is 2.22. The van der Waals surface area contributed by atoms with Gasteiger partial charge in [-0.1, -0.05) is 0 Å². The van der Waals surface area contributed by atoms with E-state index in [-0.39, 0.29) is 17.9 Å². The molecule has 2 N–H and O–H groups in total. The van der Waals surface area contributed by atoms with Crippen LogP contribution < -0.4 is 10.6 Å². The first-order valence-corrected chi connectivity index (χ1v) is 7.07. The van der Waals surface area contributed by atoms with Gasteiger partial charge in [0.2, 0.25) is 0 Å². The number of anilines is 1. The summed E-state index contributed by atoms with van der Waals surface area (Å²) < 4.78 is 12.8. The van der Waals surface area contributed by atoms with Crippen LogP contribution in [0.15, 0.2) is 24.3 Å². The standard InChI is InChI=1S/C15H22FN3O/c1-17-12-7-9-14(10-8-12)19(2)15(20)18-13-5-3-11(16)4-6-13/h3-6,12,14,17H,7-10H2,1-2H3,(H,18,20). The van der Waals surface area contributed by atoms with E-state index < -0.39 is 0 Å². The second-order valence-corrected chi connectivity index (χ2v) is 5.34. The molecule has 0 radical (unpaired) electrons. The maximum atomic E-state index is 12.8. The fourth-order valence-electron chi connectivity index (χ4n) is 2.66. The van der Waals surface area contributed by atoms with Gasteiger partial charge in [0.25, 0.3) is 0 Å². The van der Waals surface area contributed by atoms with Gasteiger partial charge in [-0.15, -0.1) is 0 Å². The van der Waals surface area contributed by atoms with E-state index in [9.17, 15) is 9.18 Å². The van der Waals surface area contributed by atoms with E-state index in [0.29, 0.717) is 11.7 Å². The molecule has 20 heavy (non-hydrogen) atoms. The molecular weight excluding hydrogens is 257 g/mol. The number of halogens is 1. The highest BCUT2D eigenvalue weighted by Gasteiger charge is 2.25. The summed E-state index contributed by atoms with van der Waals surface area (Å²) in [6, 6.07) is 6.53. The first kappa shape index (κ1) is 14.8. The molecule has 1 aromatic rings. The zero-order chi connectivity index (χ0) is 14.5. The molecule has 1 aliphatic carbocycles. The number of amides is 2. The molecular formula is C15H22FN3O. The number of nitrogens with one attached hydrogen (secondary N) is 2. The lowest BCUT2D eigenvalue weighted by Crippen LogP contribution is -2.44. The first-order chi connectivity index (χ1) is 9.60. The van der Waals surface area contributed by atoms with Gasteiger partial charge in [0, 0.05) is 24.8 Å². The zero-order valence-electron chi connectivity index (χ0n) is 12.0. The van der Waals surface area contributed by atoms with Crippen LogP contribution in [0.25, 0.3) is 0 Å². The van der Waals surface area contributed by atoms with Gasteiger partial charge < -0.3 is 15.5 Å². The molecule has 0 aliphatic heterocycles. The Bertz CT molecular complexity index is 441.